The van der Waals surface area contributed by atoms with Gasteiger partial charge in [-0.3, -0.25) is 19.5 Å². The Morgan fingerprint density at radius 1 is 1.06 bits per heavy atom. The number of piperazine rings is 1. The molecule has 2 saturated heterocycles. The molecular formula is C24H24ClN5O3S. The Hall–Kier alpha value is -3.01. The van der Waals surface area contributed by atoms with Crippen LogP contribution in [0.25, 0.3) is 0 Å². The monoisotopic (exact) mass is 497 g/mol. The Balaban J connectivity index is 1.10. The average Bonchev–Trinajstić information content (AvgIpc) is 3.38. The van der Waals surface area contributed by atoms with Crippen LogP contribution in [0.3, 0.4) is 0 Å². The second kappa shape index (κ2) is 10.1. The first-order valence-corrected chi connectivity index (χ1v) is 12.4. The van der Waals surface area contributed by atoms with E-state index in [4.69, 9.17) is 16.3 Å². The molecule has 34 heavy (non-hydrogen) atoms. The Morgan fingerprint density at radius 2 is 1.88 bits per heavy atom. The van der Waals surface area contributed by atoms with Gasteiger partial charge in [0.05, 0.1) is 5.02 Å². The summed E-state index contributed by atoms with van der Waals surface area (Å²) in [5, 5.41) is 2.77. The highest BCUT2D eigenvalue weighted by Gasteiger charge is 2.37. The van der Waals surface area contributed by atoms with Crippen molar-refractivity contribution < 1.29 is 14.3 Å². The summed E-state index contributed by atoms with van der Waals surface area (Å²) in [5.41, 5.74) is 1.50. The standard InChI is InChI=1S/C24H24ClN5O3S/c25-20-12-18(3-4-21(20)33-16-17-2-1-5-26-13-17)23(31)30-14-19(15-30)28-7-9-29(10-8-28)24(32)22-27-6-11-34-22/h1-6,11-13,19H,7-10,14-16H2. The van der Waals surface area contributed by atoms with Crippen LogP contribution in [-0.4, -0.2) is 81.8 Å². The number of likely N-dealkylation sites (tertiary alicyclic amines) is 1. The van der Waals surface area contributed by atoms with Gasteiger partial charge in [0, 0.05) is 80.4 Å². The van der Waals surface area contributed by atoms with E-state index in [0.29, 0.717) is 60.2 Å². The van der Waals surface area contributed by atoms with Gasteiger partial charge >= 0.3 is 0 Å². The molecule has 0 N–H and O–H groups in total. The SMILES string of the molecule is O=C(c1ccc(OCc2cccnc2)c(Cl)c1)N1CC(N2CCN(C(=O)c3nccs3)CC2)C1. The van der Waals surface area contributed by atoms with E-state index in [9.17, 15) is 9.59 Å². The van der Waals surface area contributed by atoms with Crippen molar-refractivity contribution in [2.45, 2.75) is 12.6 Å². The number of thiazole rings is 1. The third-order valence-electron chi connectivity index (χ3n) is 6.18. The summed E-state index contributed by atoms with van der Waals surface area (Å²) < 4.78 is 5.77. The molecule has 8 nitrogen and oxygen atoms in total. The summed E-state index contributed by atoms with van der Waals surface area (Å²) in [6, 6.07) is 9.25. The van der Waals surface area contributed by atoms with Crippen molar-refractivity contribution in [3.63, 3.8) is 0 Å². The molecule has 4 heterocycles. The quantitative estimate of drug-likeness (QED) is 0.521. The lowest BCUT2D eigenvalue weighted by Gasteiger charge is -2.48. The van der Waals surface area contributed by atoms with Crippen molar-refractivity contribution in [2.75, 3.05) is 39.3 Å². The molecule has 0 unspecified atom stereocenters. The summed E-state index contributed by atoms with van der Waals surface area (Å²) in [6.45, 7) is 4.68. The number of hydrogen-bond donors (Lipinski definition) is 0. The van der Waals surface area contributed by atoms with Gasteiger partial charge in [-0.25, -0.2) is 4.98 Å². The molecule has 176 valence electrons. The normalized spacial score (nSPS) is 16.9. The predicted molar refractivity (Wildman–Crippen MR) is 129 cm³/mol. The van der Waals surface area contributed by atoms with E-state index in [-0.39, 0.29) is 11.8 Å². The Bertz CT molecular complexity index is 1150. The van der Waals surface area contributed by atoms with Gasteiger partial charge in [0.1, 0.15) is 12.4 Å². The summed E-state index contributed by atoms with van der Waals surface area (Å²) in [4.78, 5) is 39.6. The molecule has 0 spiro atoms. The minimum absolute atomic E-state index is 0.00445. The molecular weight excluding hydrogens is 474 g/mol. The smallest absolute Gasteiger partial charge is 0.282 e. The second-order valence-electron chi connectivity index (χ2n) is 8.32. The highest BCUT2D eigenvalue weighted by molar-refractivity contribution is 7.11. The summed E-state index contributed by atoms with van der Waals surface area (Å²) in [6.07, 6.45) is 5.11. The van der Waals surface area contributed by atoms with Gasteiger partial charge in [-0.15, -0.1) is 11.3 Å². The van der Waals surface area contributed by atoms with E-state index in [1.165, 1.54) is 11.3 Å². The molecule has 3 aromatic rings. The Kier molecular flexibility index (Phi) is 6.75. The maximum atomic E-state index is 12.9. The van der Waals surface area contributed by atoms with Crippen molar-refractivity contribution in [3.8, 4) is 5.75 Å². The topological polar surface area (TPSA) is 78.9 Å². The third-order valence-corrected chi connectivity index (χ3v) is 7.24. The average molecular weight is 498 g/mol. The number of benzene rings is 1. The second-order valence-corrected chi connectivity index (χ2v) is 9.63. The number of carbonyl (C=O) groups is 2. The third kappa shape index (κ3) is 4.91. The van der Waals surface area contributed by atoms with Crippen molar-refractivity contribution in [1.29, 1.82) is 0 Å². The number of hydrogen-bond acceptors (Lipinski definition) is 7. The molecule has 2 aliphatic rings. The van der Waals surface area contributed by atoms with Gasteiger partial charge in [-0.2, -0.15) is 0 Å². The fourth-order valence-corrected chi connectivity index (χ4v) is 5.02. The van der Waals surface area contributed by atoms with Crippen LogP contribution < -0.4 is 4.74 Å². The van der Waals surface area contributed by atoms with Gasteiger partial charge in [-0.05, 0) is 24.3 Å². The number of carbonyl (C=O) groups excluding carboxylic acids is 2. The zero-order valence-electron chi connectivity index (χ0n) is 18.5. The molecule has 1 aromatic carbocycles. The van der Waals surface area contributed by atoms with Crippen LogP contribution in [0, 0.1) is 0 Å². The van der Waals surface area contributed by atoms with Crippen LogP contribution in [0.2, 0.25) is 5.02 Å². The number of nitrogens with zero attached hydrogens (tertiary/aromatic N) is 5. The van der Waals surface area contributed by atoms with Crippen LogP contribution in [0.1, 0.15) is 25.7 Å². The van der Waals surface area contributed by atoms with Gasteiger partial charge in [0.15, 0.2) is 5.01 Å². The Labute approximate surface area is 206 Å². The maximum absolute atomic E-state index is 12.9. The van der Waals surface area contributed by atoms with Crippen molar-refractivity contribution in [2.24, 2.45) is 0 Å². The van der Waals surface area contributed by atoms with Crippen molar-refractivity contribution >= 4 is 34.8 Å². The largest absolute Gasteiger partial charge is 0.487 e. The Morgan fingerprint density at radius 3 is 2.56 bits per heavy atom. The predicted octanol–water partition coefficient (Wildman–Crippen LogP) is 3.05. The van der Waals surface area contributed by atoms with E-state index >= 15 is 0 Å². The van der Waals surface area contributed by atoms with Crippen molar-refractivity contribution in [1.82, 2.24) is 24.7 Å². The highest BCUT2D eigenvalue weighted by Crippen LogP contribution is 2.28. The molecule has 0 radical (unpaired) electrons. The first-order valence-electron chi connectivity index (χ1n) is 11.1. The van der Waals surface area contributed by atoms with E-state index in [1.54, 1.807) is 36.8 Å². The number of rotatable bonds is 6. The number of amides is 2. The van der Waals surface area contributed by atoms with Crippen LogP contribution in [0.15, 0.2) is 54.3 Å². The van der Waals surface area contributed by atoms with Gasteiger partial charge in [0.2, 0.25) is 0 Å². The number of aromatic nitrogens is 2. The lowest BCUT2D eigenvalue weighted by Crippen LogP contribution is -2.64. The molecule has 5 rings (SSSR count). The molecule has 2 aliphatic heterocycles. The van der Waals surface area contributed by atoms with Crippen molar-refractivity contribution in [3.05, 3.63) is 75.5 Å². The molecule has 2 aromatic heterocycles. The van der Waals surface area contributed by atoms with Gasteiger partial charge in [0.25, 0.3) is 11.8 Å². The molecule has 2 amide bonds. The first kappa shape index (κ1) is 22.8. The van der Waals surface area contributed by atoms with Gasteiger partial charge < -0.3 is 14.5 Å². The molecule has 0 bridgehead atoms. The zero-order valence-corrected chi connectivity index (χ0v) is 20.0. The van der Waals surface area contributed by atoms with Crippen LogP contribution in [0.4, 0.5) is 0 Å². The van der Waals surface area contributed by atoms with E-state index in [0.717, 1.165) is 18.7 Å². The fourth-order valence-electron chi connectivity index (χ4n) is 4.18. The minimum atomic E-state index is -0.0328. The van der Waals surface area contributed by atoms with Gasteiger partial charge in [-0.1, -0.05) is 17.7 Å². The molecule has 0 saturated carbocycles. The lowest BCUT2D eigenvalue weighted by molar-refractivity contribution is 0.00853. The minimum Gasteiger partial charge on any atom is -0.487 e. The number of pyridine rings is 1. The number of ether oxygens (including phenoxy) is 1. The van der Waals surface area contributed by atoms with Crippen LogP contribution in [-0.2, 0) is 6.61 Å². The molecule has 0 aliphatic carbocycles. The van der Waals surface area contributed by atoms with Crippen LogP contribution >= 0.6 is 22.9 Å². The first-order chi connectivity index (χ1) is 16.6. The van der Waals surface area contributed by atoms with E-state index < -0.39 is 0 Å². The fraction of sp³-hybridized carbons (Fsp3) is 0.333. The van der Waals surface area contributed by atoms with Crippen LogP contribution in [0.5, 0.6) is 5.75 Å². The maximum Gasteiger partial charge on any atom is 0.282 e. The summed E-state index contributed by atoms with van der Waals surface area (Å²) in [5.74, 6) is 0.507. The van der Waals surface area contributed by atoms with E-state index in [2.05, 4.69) is 14.9 Å². The molecule has 10 heteroatoms. The molecule has 2 fully saturated rings. The lowest BCUT2D eigenvalue weighted by atomic mass is 10.0. The number of halogens is 1. The summed E-state index contributed by atoms with van der Waals surface area (Å²) in [7, 11) is 0. The highest BCUT2D eigenvalue weighted by atomic mass is 35.5. The van der Waals surface area contributed by atoms with E-state index in [1.807, 2.05) is 27.3 Å². The molecule has 0 atom stereocenters. The zero-order chi connectivity index (χ0) is 23.5. The summed E-state index contributed by atoms with van der Waals surface area (Å²) >= 11 is 7.75.